The largest absolute Gasteiger partial charge is 0.377 e. The summed E-state index contributed by atoms with van der Waals surface area (Å²) < 4.78 is 5.70. The molecule has 1 amide bonds. The van der Waals surface area contributed by atoms with E-state index in [1.807, 2.05) is 43.0 Å². The number of amides is 1. The van der Waals surface area contributed by atoms with Crippen molar-refractivity contribution in [3.8, 4) is 0 Å². The zero-order valence-electron chi connectivity index (χ0n) is 12.7. The van der Waals surface area contributed by atoms with Crippen molar-refractivity contribution in [1.82, 2.24) is 9.88 Å². The van der Waals surface area contributed by atoms with Gasteiger partial charge in [-0.05, 0) is 32.8 Å². The molecule has 0 radical (unpaired) electrons. The summed E-state index contributed by atoms with van der Waals surface area (Å²) in [5.74, 6) is 0.120. The SMILES string of the molecule is CCO[C@@H]1CCCN(C(=O)c2c(C)[nH]c3ccccc23)C1. The van der Waals surface area contributed by atoms with Crippen LogP contribution < -0.4 is 0 Å². The predicted octanol–water partition coefficient (Wildman–Crippen LogP) is 3.12. The number of aryl methyl sites for hydroxylation is 1. The molecule has 4 nitrogen and oxygen atoms in total. The normalized spacial score (nSPS) is 19.1. The van der Waals surface area contributed by atoms with E-state index < -0.39 is 0 Å². The van der Waals surface area contributed by atoms with Gasteiger partial charge < -0.3 is 14.6 Å². The molecule has 0 spiro atoms. The molecule has 1 atom stereocenters. The van der Waals surface area contributed by atoms with Crippen molar-refractivity contribution in [2.45, 2.75) is 32.8 Å². The van der Waals surface area contributed by atoms with Crippen LogP contribution in [0.1, 0.15) is 35.8 Å². The number of hydrogen-bond acceptors (Lipinski definition) is 2. The van der Waals surface area contributed by atoms with Crippen LogP contribution in [-0.4, -0.2) is 41.6 Å². The molecular weight excluding hydrogens is 264 g/mol. The van der Waals surface area contributed by atoms with Gasteiger partial charge in [-0.3, -0.25) is 4.79 Å². The average molecular weight is 286 g/mol. The molecule has 4 heteroatoms. The van der Waals surface area contributed by atoms with Crippen LogP contribution in [0.15, 0.2) is 24.3 Å². The number of aromatic nitrogens is 1. The first-order valence-electron chi connectivity index (χ1n) is 7.69. The molecule has 1 saturated heterocycles. The van der Waals surface area contributed by atoms with Crippen molar-refractivity contribution >= 4 is 16.8 Å². The lowest BCUT2D eigenvalue weighted by atomic mass is 10.0. The number of benzene rings is 1. The fourth-order valence-corrected chi connectivity index (χ4v) is 3.20. The smallest absolute Gasteiger partial charge is 0.256 e. The Bertz CT molecular complexity index is 645. The lowest BCUT2D eigenvalue weighted by Gasteiger charge is -2.32. The molecule has 112 valence electrons. The molecule has 1 aliphatic heterocycles. The third-order valence-corrected chi connectivity index (χ3v) is 4.18. The second-order valence-corrected chi connectivity index (χ2v) is 5.64. The third kappa shape index (κ3) is 2.68. The number of piperidine rings is 1. The van der Waals surface area contributed by atoms with Crippen molar-refractivity contribution in [2.24, 2.45) is 0 Å². The predicted molar refractivity (Wildman–Crippen MR) is 83.6 cm³/mol. The number of nitrogens with zero attached hydrogens (tertiary/aromatic N) is 1. The first-order valence-corrected chi connectivity index (χ1v) is 7.69. The summed E-state index contributed by atoms with van der Waals surface area (Å²) in [5.41, 5.74) is 2.78. The van der Waals surface area contributed by atoms with Crippen LogP contribution in [0.5, 0.6) is 0 Å². The highest BCUT2D eigenvalue weighted by atomic mass is 16.5. The Hall–Kier alpha value is -1.81. The van der Waals surface area contributed by atoms with Crippen molar-refractivity contribution in [2.75, 3.05) is 19.7 Å². The molecule has 2 aromatic rings. The molecule has 1 N–H and O–H groups in total. The van der Waals surface area contributed by atoms with Crippen molar-refractivity contribution in [3.63, 3.8) is 0 Å². The standard InChI is InChI=1S/C17H22N2O2/c1-3-21-13-7-6-10-19(11-13)17(20)16-12(2)18-15-9-5-4-8-14(15)16/h4-5,8-9,13,18H,3,6-7,10-11H2,1-2H3/t13-/m1/s1. The highest BCUT2D eigenvalue weighted by Gasteiger charge is 2.27. The van der Waals surface area contributed by atoms with Crippen molar-refractivity contribution in [3.05, 3.63) is 35.5 Å². The van der Waals surface area contributed by atoms with Crippen LogP contribution in [-0.2, 0) is 4.74 Å². The van der Waals surface area contributed by atoms with Gasteiger partial charge in [-0.2, -0.15) is 0 Å². The van der Waals surface area contributed by atoms with E-state index in [2.05, 4.69) is 4.98 Å². The second kappa shape index (κ2) is 5.90. The fourth-order valence-electron chi connectivity index (χ4n) is 3.20. The maximum Gasteiger partial charge on any atom is 0.256 e. The van der Waals surface area contributed by atoms with Gasteiger partial charge in [0.25, 0.3) is 5.91 Å². The summed E-state index contributed by atoms with van der Waals surface area (Å²) in [6, 6.07) is 7.98. The summed E-state index contributed by atoms with van der Waals surface area (Å²) in [7, 11) is 0. The number of carbonyl (C=O) groups excluding carboxylic acids is 1. The minimum Gasteiger partial charge on any atom is -0.377 e. The zero-order chi connectivity index (χ0) is 14.8. The van der Waals surface area contributed by atoms with Crippen LogP contribution in [0, 0.1) is 6.92 Å². The molecule has 0 unspecified atom stereocenters. The molecule has 21 heavy (non-hydrogen) atoms. The Balaban J connectivity index is 1.88. The number of aromatic amines is 1. The first-order chi connectivity index (χ1) is 10.2. The van der Waals surface area contributed by atoms with E-state index in [4.69, 9.17) is 4.74 Å². The minimum atomic E-state index is 0.120. The number of hydrogen-bond donors (Lipinski definition) is 1. The molecule has 2 heterocycles. The van der Waals surface area contributed by atoms with Gasteiger partial charge in [0, 0.05) is 36.3 Å². The summed E-state index contributed by atoms with van der Waals surface area (Å²) in [6.07, 6.45) is 2.24. The molecule has 0 aliphatic carbocycles. The fraction of sp³-hybridized carbons (Fsp3) is 0.471. The molecular formula is C17H22N2O2. The van der Waals surface area contributed by atoms with Gasteiger partial charge in [-0.25, -0.2) is 0 Å². The Morgan fingerprint density at radius 1 is 1.43 bits per heavy atom. The lowest BCUT2D eigenvalue weighted by Crippen LogP contribution is -2.43. The van der Waals surface area contributed by atoms with E-state index in [-0.39, 0.29) is 12.0 Å². The van der Waals surface area contributed by atoms with Crippen LogP contribution in [0.3, 0.4) is 0 Å². The van der Waals surface area contributed by atoms with E-state index in [9.17, 15) is 4.79 Å². The van der Waals surface area contributed by atoms with Gasteiger partial charge in [0.1, 0.15) is 0 Å². The van der Waals surface area contributed by atoms with Gasteiger partial charge in [-0.1, -0.05) is 18.2 Å². The van der Waals surface area contributed by atoms with Crippen LogP contribution in [0.2, 0.25) is 0 Å². The number of nitrogens with one attached hydrogen (secondary N) is 1. The van der Waals surface area contributed by atoms with E-state index in [0.717, 1.165) is 41.5 Å². The number of para-hydroxylation sites is 1. The summed E-state index contributed by atoms with van der Waals surface area (Å²) >= 11 is 0. The molecule has 0 saturated carbocycles. The van der Waals surface area contributed by atoms with Crippen LogP contribution >= 0.6 is 0 Å². The Kier molecular flexibility index (Phi) is 3.97. The Labute approximate surface area is 125 Å². The number of carbonyl (C=O) groups is 1. The Morgan fingerprint density at radius 3 is 3.05 bits per heavy atom. The number of likely N-dealkylation sites (tertiary alicyclic amines) is 1. The van der Waals surface area contributed by atoms with Gasteiger partial charge >= 0.3 is 0 Å². The summed E-state index contributed by atoms with van der Waals surface area (Å²) in [6.45, 7) is 6.20. The topological polar surface area (TPSA) is 45.3 Å². The van der Waals surface area contributed by atoms with Gasteiger partial charge in [0.2, 0.25) is 0 Å². The van der Waals surface area contributed by atoms with E-state index in [1.165, 1.54) is 0 Å². The first kappa shape index (κ1) is 14.1. The Morgan fingerprint density at radius 2 is 2.24 bits per heavy atom. The van der Waals surface area contributed by atoms with Gasteiger partial charge in [0.15, 0.2) is 0 Å². The van der Waals surface area contributed by atoms with Gasteiger partial charge in [-0.15, -0.1) is 0 Å². The van der Waals surface area contributed by atoms with E-state index in [0.29, 0.717) is 13.2 Å². The average Bonchev–Trinajstić information content (AvgIpc) is 2.83. The van der Waals surface area contributed by atoms with Crippen molar-refractivity contribution in [1.29, 1.82) is 0 Å². The minimum absolute atomic E-state index is 0.120. The molecule has 1 aromatic carbocycles. The summed E-state index contributed by atoms with van der Waals surface area (Å²) in [5, 5.41) is 1.01. The lowest BCUT2D eigenvalue weighted by molar-refractivity contribution is 0.00728. The molecule has 0 bridgehead atoms. The molecule has 1 aliphatic rings. The number of fused-ring (bicyclic) bond motifs is 1. The van der Waals surface area contributed by atoms with E-state index in [1.54, 1.807) is 0 Å². The second-order valence-electron chi connectivity index (χ2n) is 5.64. The highest BCUT2D eigenvalue weighted by molar-refractivity contribution is 6.08. The molecule has 3 rings (SSSR count). The maximum atomic E-state index is 12.9. The summed E-state index contributed by atoms with van der Waals surface area (Å²) in [4.78, 5) is 18.1. The molecule has 1 fully saturated rings. The monoisotopic (exact) mass is 286 g/mol. The quantitative estimate of drug-likeness (QED) is 0.942. The third-order valence-electron chi connectivity index (χ3n) is 4.18. The van der Waals surface area contributed by atoms with Crippen LogP contribution in [0.25, 0.3) is 10.9 Å². The number of ether oxygens (including phenoxy) is 1. The van der Waals surface area contributed by atoms with Gasteiger partial charge in [0.05, 0.1) is 11.7 Å². The zero-order valence-corrected chi connectivity index (χ0v) is 12.7. The van der Waals surface area contributed by atoms with Crippen molar-refractivity contribution < 1.29 is 9.53 Å². The number of H-pyrrole nitrogens is 1. The highest BCUT2D eigenvalue weighted by Crippen LogP contribution is 2.25. The maximum absolute atomic E-state index is 12.9. The molecule has 1 aromatic heterocycles. The number of rotatable bonds is 3. The van der Waals surface area contributed by atoms with Crippen LogP contribution in [0.4, 0.5) is 0 Å². The van der Waals surface area contributed by atoms with E-state index >= 15 is 0 Å².